The van der Waals surface area contributed by atoms with Gasteiger partial charge in [0, 0.05) is 24.8 Å². The number of methoxy groups -OCH3 is 1. The highest BCUT2D eigenvalue weighted by molar-refractivity contribution is 5.35. The fourth-order valence-corrected chi connectivity index (χ4v) is 2.26. The number of rotatable bonds is 9. The monoisotopic (exact) mass is 265 g/mol. The van der Waals surface area contributed by atoms with Gasteiger partial charge in [0.05, 0.1) is 13.7 Å². The Kier molecular flexibility index (Phi) is 7.53. The van der Waals surface area contributed by atoms with E-state index in [1.54, 1.807) is 7.11 Å². The van der Waals surface area contributed by atoms with Crippen LogP contribution in [0.25, 0.3) is 0 Å². The second-order valence-electron chi connectivity index (χ2n) is 4.66. The van der Waals surface area contributed by atoms with Gasteiger partial charge in [0.15, 0.2) is 0 Å². The van der Waals surface area contributed by atoms with Gasteiger partial charge in [-0.05, 0) is 26.0 Å². The Morgan fingerprint density at radius 3 is 2.53 bits per heavy atom. The maximum Gasteiger partial charge on any atom is 0.123 e. The highest BCUT2D eigenvalue weighted by Crippen LogP contribution is 2.28. The quantitative estimate of drug-likeness (QED) is 0.638. The van der Waals surface area contributed by atoms with Crippen LogP contribution in [0.1, 0.15) is 38.8 Å². The molecule has 3 nitrogen and oxygen atoms in total. The molecule has 0 aromatic heterocycles. The summed E-state index contributed by atoms with van der Waals surface area (Å²) in [6.45, 7) is 10.1. The summed E-state index contributed by atoms with van der Waals surface area (Å²) >= 11 is 0. The number of likely N-dealkylation sites (N-methyl/N-ethyl adjacent to an activating group) is 1. The van der Waals surface area contributed by atoms with Gasteiger partial charge in [-0.1, -0.05) is 32.0 Å². The average molecular weight is 265 g/mol. The lowest BCUT2D eigenvalue weighted by atomic mass is 10.1. The molecule has 0 heterocycles. The lowest BCUT2D eigenvalue weighted by Crippen LogP contribution is -2.30. The number of para-hydroxylation sites is 1. The molecule has 0 N–H and O–H groups in total. The molecular weight excluding hydrogens is 238 g/mol. The van der Waals surface area contributed by atoms with E-state index in [0.29, 0.717) is 6.04 Å². The molecule has 0 spiro atoms. The molecular formula is C16H27NO2. The molecule has 1 unspecified atom stereocenters. The molecule has 1 aromatic rings. The molecule has 108 valence electrons. The molecule has 0 bridgehead atoms. The number of benzene rings is 1. The molecule has 0 amide bonds. The van der Waals surface area contributed by atoms with Crippen LogP contribution in [-0.4, -0.2) is 38.3 Å². The van der Waals surface area contributed by atoms with Crippen molar-refractivity contribution in [2.24, 2.45) is 0 Å². The Hall–Kier alpha value is -1.06. The smallest absolute Gasteiger partial charge is 0.123 e. The summed E-state index contributed by atoms with van der Waals surface area (Å²) in [4.78, 5) is 2.41. The minimum absolute atomic E-state index is 0.339. The first-order valence-corrected chi connectivity index (χ1v) is 7.19. The fraction of sp³-hybridized carbons (Fsp3) is 0.625. The van der Waals surface area contributed by atoms with Crippen molar-refractivity contribution in [3.63, 3.8) is 0 Å². The van der Waals surface area contributed by atoms with Crippen molar-refractivity contribution < 1.29 is 9.47 Å². The summed E-state index contributed by atoms with van der Waals surface area (Å²) in [5.41, 5.74) is 1.24. The molecule has 0 saturated carbocycles. The van der Waals surface area contributed by atoms with Crippen molar-refractivity contribution in [2.75, 3.05) is 33.4 Å². The zero-order valence-electron chi connectivity index (χ0n) is 12.7. The highest BCUT2D eigenvalue weighted by atomic mass is 16.5. The fourth-order valence-electron chi connectivity index (χ4n) is 2.26. The molecule has 0 aliphatic heterocycles. The van der Waals surface area contributed by atoms with Gasteiger partial charge < -0.3 is 9.47 Å². The molecule has 0 fully saturated rings. The van der Waals surface area contributed by atoms with Crippen LogP contribution in [0.15, 0.2) is 24.3 Å². The van der Waals surface area contributed by atoms with Gasteiger partial charge in [-0.15, -0.1) is 0 Å². The van der Waals surface area contributed by atoms with E-state index >= 15 is 0 Å². The number of hydrogen-bond acceptors (Lipinski definition) is 3. The van der Waals surface area contributed by atoms with E-state index in [-0.39, 0.29) is 0 Å². The van der Waals surface area contributed by atoms with Gasteiger partial charge in [0.25, 0.3) is 0 Å². The zero-order valence-corrected chi connectivity index (χ0v) is 12.7. The molecule has 19 heavy (non-hydrogen) atoms. The first-order chi connectivity index (χ1) is 9.24. The largest absolute Gasteiger partial charge is 0.496 e. The molecule has 0 aliphatic rings. The van der Waals surface area contributed by atoms with E-state index in [1.165, 1.54) is 5.56 Å². The Morgan fingerprint density at radius 2 is 1.89 bits per heavy atom. The second kappa shape index (κ2) is 8.94. The summed E-state index contributed by atoms with van der Waals surface area (Å²) in [7, 11) is 1.73. The molecule has 1 rings (SSSR count). The minimum Gasteiger partial charge on any atom is -0.496 e. The van der Waals surface area contributed by atoms with E-state index in [9.17, 15) is 0 Å². The third-order valence-corrected chi connectivity index (χ3v) is 3.41. The second-order valence-corrected chi connectivity index (χ2v) is 4.66. The minimum atomic E-state index is 0.339. The van der Waals surface area contributed by atoms with Gasteiger partial charge in [-0.3, -0.25) is 4.90 Å². The van der Waals surface area contributed by atoms with Crippen molar-refractivity contribution >= 4 is 0 Å². The number of hydrogen-bond donors (Lipinski definition) is 0. The van der Waals surface area contributed by atoms with Crippen LogP contribution in [0.5, 0.6) is 5.75 Å². The normalized spacial score (nSPS) is 12.7. The summed E-state index contributed by atoms with van der Waals surface area (Å²) in [5, 5.41) is 0. The lowest BCUT2D eigenvalue weighted by Gasteiger charge is -2.29. The van der Waals surface area contributed by atoms with E-state index < -0.39 is 0 Å². The van der Waals surface area contributed by atoms with Gasteiger partial charge >= 0.3 is 0 Å². The first-order valence-electron chi connectivity index (χ1n) is 7.19. The van der Waals surface area contributed by atoms with Crippen molar-refractivity contribution in [1.82, 2.24) is 4.90 Å². The predicted octanol–water partition coefficient (Wildman–Crippen LogP) is 3.50. The Morgan fingerprint density at radius 1 is 1.16 bits per heavy atom. The van der Waals surface area contributed by atoms with E-state index in [1.807, 2.05) is 12.1 Å². The van der Waals surface area contributed by atoms with Gasteiger partial charge in [0.2, 0.25) is 0 Å². The van der Waals surface area contributed by atoms with E-state index in [4.69, 9.17) is 9.47 Å². The maximum absolute atomic E-state index is 5.58. The molecule has 0 radical (unpaired) electrons. The zero-order chi connectivity index (χ0) is 14.1. The van der Waals surface area contributed by atoms with Crippen molar-refractivity contribution in [3.8, 4) is 5.75 Å². The third kappa shape index (κ3) is 4.84. The van der Waals surface area contributed by atoms with Crippen LogP contribution in [0, 0.1) is 0 Å². The Labute approximate surface area is 117 Å². The molecule has 1 aromatic carbocycles. The maximum atomic E-state index is 5.58. The van der Waals surface area contributed by atoms with Crippen molar-refractivity contribution in [2.45, 2.75) is 33.2 Å². The van der Waals surface area contributed by atoms with Gasteiger partial charge in [0.1, 0.15) is 5.75 Å². The van der Waals surface area contributed by atoms with E-state index in [0.717, 1.165) is 38.5 Å². The number of nitrogens with zero attached hydrogens (tertiary/aromatic N) is 1. The highest BCUT2D eigenvalue weighted by Gasteiger charge is 2.17. The van der Waals surface area contributed by atoms with E-state index in [2.05, 4.69) is 37.8 Å². The first kappa shape index (κ1) is 16.0. The van der Waals surface area contributed by atoms with Gasteiger partial charge in [-0.25, -0.2) is 0 Å². The van der Waals surface area contributed by atoms with Crippen molar-refractivity contribution in [1.29, 1.82) is 0 Å². The van der Waals surface area contributed by atoms with Crippen LogP contribution >= 0.6 is 0 Å². The third-order valence-electron chi connectivity index (χ3n) is 3.41. The summed E-state index contributed by atoms with van der Waals surface area (Å²) < 4.78 is 11.0. The Balaban J connectivity index is 2.64. The molecule has 0 saturated heterocycles. The summed E-state index contributed by atoms with van der Waals surface area (Å²) in [6.07, 6.45) is 1.08. The van der Waals surface area contributed by atoms with Crippen LogP contribution in [0.2, 0.25) is 0 Å². The SMILES string of the molecule is CCCOCCN(CC)C(C)c1ccccc1OC. The van der Waals surface area contributed by atoms with Crippen LogP contribution in [-0.2, 0) is 4.74 Å². The number of ether oxygens (including phenoxy) is 2. The van der Waals surface area contributed by atoms with Crippen LogP contribution < -0.4 is 4.74 Å². The molecule has 3 heteroatoms. The lowest BCUT2D eigenvalue weighted by molar-refractivity contribution is 0.0918. The topological polar surface area (TPSA) is 21.7 Å². The standard InChI is InChI=1S/C16H27NO2/c1-5-12-19-13-11-17(6-2)14(3)15-9-7-8-10-16(15)18-4/h7-10,14H,5-6,11-13H2,1-4H3. The Bertz CT molecular complexity index is 354. The molecule has 1 atom stereocenters. The summed E-state index contributed by atoms with van der Waals surface area (Å²) in [6, 6.07) is 8.57. The van der Waals surface area contributed by atoms with Crippen LogP contribution in [0.4, 0.5) is 0 Å². The predicted molar refractivity (Wildman–Crippen MR) is 79.8 cm³/mol. The van der Waals surface area contributed by atoms with Crippen LogP contribution in [0.3, 0.4) is 0 Å². The molecule has 0 aliphatic carbocycles. The average Bonchev–Trinajstić information content (AvgIpc) is 2.46. The summed E-state index contributed by atoms with van der Waals surface area (Å²) in [5.74, 6) is 0.961. The van der Waals surface area contributed by atoms with Gasteiger partial charge in [-0.2, -0.15) is 0 Å². The van der Waals surface area contributed by atoms with Crippen molar-refractivity contribution in [3.05, 3.63) is 29.8 Å².